The fourth-order valence-corrected chi connectivity index (χ4v) is 17.8. The summed E-state index contributed by atoms with van der Waals surface area (Å²) in [5, 5.41) is 11.8. The van der Waals surface area contributed by atoms with Gasteiger partial charge in [-0.2, -0.15) is 0 Å². The average Bonchev–Trinajstić information content (AvgIpc) is 1.52. The first-order chi connectivity index (χ1) is 53.2. The number of methoxy groups -OCH3 is 5. The lowest BCUT2D eigenvalue weighted by Gasteiger charge is -2.35. The molecule has 2 aromatic heterocycles. The summed E-state index contributed by atoms with van der Waals surface area (Å²) in [5.74, 6) is 0.434. The Morgan fingerprint density at radius 2 is 1.03 bits per heavy atom. The van der Waals surface area contributed by atoms with Crippen LogP contribution in [0.2, 0.25) is 10.0 Å². The SMILES string of the molecule is CC[C@@H]1C[C@]1(CC(=O)[C@@H]1C[C@@H](Oc2cc(OCCOC)nc3c(Cl)c(OCCOC)ccc23)CN1C(=O)[C@@H](CC(=O)OC1C[C@@H]2C[C@@H]2C1)C(C)(C)C)C(=O)O.CC[C@@H]1C[C@]1(CC(=O)[C@@H]1C[C@H](C)CN1C(=O)[C@@H](CC(=O)OC1C[C@@H]2C[C@@H]2C1)C(C)(C)C)C(=O)OC.COCCOc1cc(=O)c2ccc(OCCOC)c(Cl)c2[nH]1. The number of ether oxygens (including phenoxy) is 12. The molecule has 0 bridgehead atoms. The van der Waals surface area contributed by atoms with Crippen LogP contribution >= 0.6 is 23.2 Å². The molecule has 28 heteroatoms. The van der Waals surface area contributed by atoms with Crippen molar-refractivity contribution in [2.45, 2.75) is 195 Å². The van der Waals surface area contributed by atoms with Gasteiger partial charge in [0.25, 0.3) is 0 Å². The molecule has 4 heterocycles. The zero-order valence-electron chi connectivity index (χ0n) is 67.5. The summed E-state index contributed by atoms with van der Waals surface area (Å²) in [5.41, 5.74) is -2.32. The number of likely N-dealkylation sites (tertiary alicyclic amines) is 2. The number of carbonyl (C=O) groups excluding carboxylic acids is 7. The molecule has 2 amide bonds. The number of carbonyl (C=O) groups is 8. The number of benzene rings is 2. The number of rotatable bonds is 36. The van der Waals surface area contributed by atoms with Crippen molar-refractivity contribution in [3.05, 3.63) is 56.7 Å². The van der Waals surface area contributed by atoms with Crippen molar-refractivity contribution >= 4 is 92.3 Å². The molecule has 2 saturated heterocycles. The van der Waals surface area contributed by atoms with Gasteiger partial charge >= 0.3 is 23.9 Å². The van der Waals surface area contributed by atoms with Gasteiger partial charge in [-0.05, 0) is 134 Å². The molecule has 2 N–H and O–H groups in total. The Kier molecular flexibility index (Phi) is 29.1. The molecule has 12 rings (SSSR count). The van der Waals surface area contributed by atoms with Crippen LogP contribution in [0.1, 0.15) is 165 Å². The van der Waals surface area contributed by atoms with Crippen LogP contribution in [0, 0.1) is 74.9 Å². The number of carboxylic acids is 1. The minimum Gasteiger partial charge on any atom is -0.490 e. The van der Waals surface area contributed by atoms with E-state index in [0.717, 1.165) is 43.9 Å². The first-order valence-electron chi connectivity index (χ1n) is 39.7. The molecule has 112 heavy (non-hydrogen) atoms. The Labute approximate surface area is 666 Å². The van der Waals surface area contributed by atoms with Crippen LogP contribution < -0.4 is 29.1 Å². The van der Waals surface area contributed by atoms with Gasteiger partial charge in [0.2, 0.25) is 17.7 Å². The Morgan fingerprint density at radius 1 is 0.562 bits per heavy atom. The highest BCUT2D eigenvalue weighted by Crippen LogP contribution is 2.60. The predicted molar refractivity (Wildman–Crippen MR) is 417 cm³/mol. The normalized spacial score (nSPS) is 26.9. The van der Waals surface area contributed by atoms with Gasteiger partial charge in [0, 0.05) is 77.2 Å². The third-order valence-electron chi connectivity index (χ3n) is 24.1. The molecule has 0 radical (unpaired) electrons. The molecule has 8 fully saturated rings. The van der Waals surface area contributed by atoms with Crippen molar-refractivity contribution in [2.75, 3.05) is 101 Å². The molecule has 26 nitrogen and oxygen atoms in total. The average molecular weight is 1600 g/mol. The fourth-order valence-electron chi connectivity index (χ4n) is 17.3. The number of hydrogen-bond acceptors (Lipinski definition) is 22. The molecule has 16 atom stereocenters. The number of carboxylic acid groups (broad SMARTS) is 1. The minimum absolute atomic E-state index is 0.0114. The summed E-state index contributed by atoms with van der Waals surface area (Å²) in [4.78, 5) is 130. The number of aromatic nitrogens is 2. The van der Waals surface area contributed by atoms with E-state index in [9.17, 15) is 48.3 Å². The molecule has 4 aromatic rings. The molecule has 2 aliphatic heterocycles. The lowest BCUT2D eigenvalue weighted by Crippen LogP contribution is -2.48. The third kappa shape index (κ3) is 21.0. The number of Topliss-reactive ketones (excluding diaryl/α,β-unsaturated/α-hetero) is 2. The molecule has 6 aliphatic carbocycles. The second-order valence-electron chi connectivity index (χ2n) is 34.2. The first-order valence-corrected chi connectivity index (χ1v) is 40.5. The van der Waals surface area contributed by atoms with E-state index in [4.69, 9.17) is 80.0 Å². The van der Waals surface area contributed by atoms with Crippen LogP contribution in [0.5, 0.6) is 29.0 Å². The predicted octanol–water partition coefficient (Wildman–Crippen LogP) is 12.5. The van der Waals surface area contributed by atoms with Crippen LogP contribution in [0.25, 0.3) is 21.8 Å². The third-order valence-corrected chi connectivity index (χ3v) is 24.9. The van der Waals surface area contributed by atoms with Gasteiger partial charge in [-0.25, -0.2) is 4.98 Å². The van der Waals surface area contributed by atoms with Gasteiger partial charge in [-0.3, -0.25) is 43.2 Å². The van der Waals surface area contributed by atoms with E-state index in [1.165, 1.54) is 30.9 Å². The number of pyridine rings is 2. The monoisotopic (exact) mass is 1600 g/mol. The van der Waals surface area contributed by atoms with E-state index in [0.29, 0.717) is 134 Å². The van der Waals surface area contributed by atoms with Crippen LogP contribution in [0.3, 0.4) is 0 Å². The van der Waals surface area contributed by atoms with E-state index in [1.807, 2.05) is 62.3 Å². The number of ketones is 2. The molecule has 618 valence electrons. The highest BCUT2D eigenvalue weighted by atomic mass is 35.5. The number of hydrogen-bond donors (Lipinski definition) is 2. The Hall–Kier alpha value is -7.36. The molecule has 6 saturated carbocycles. The standard InChI is InChI=1S/C41H55ClN2O11.C28H43NO6.C15H18ClNO5/c1-7-25-20-41(25,39(48)49)21-31(45)30-17-27(22-44(30)38(47)29(40(2,3)4)18-35(46)55-26-15-23-14-24(23)16-26)54-33-19-34(53-13-11-51-6)43-37-28(33)8-9-32(36(37)42)52-12-10-50-5;1-7-19-13-28(19,26(33)34-6)14-23(30)22-8-16(2)15-29(22)25(32)21(27(3,4)5)12-24(31)35-20-10-17-9-18(17)11-20;1-19-5-7-21-12-4-3-10-11(18)9-13(22-8-6-20-2)17-15(10)14(12)16/h8-9,19,23-27,29-30H,7,10-18,20-22H2,1-6H3,(H,48,49);16-22H,7-15H2,1-6H3;3-4,9H,5-8H2,1-2H3,(H,17,18)/t23-,24+,25-,26?,27-,29-,30+,41-;16-,17-,18+,19+,20?,21+,22-,28+;/m10./s1. The number of fused-ring (bicyclic) bond motifs is 4. The Morgan fingerprint density at radius 3 is 1.51 bits per heavy atom. The molecule has 0 spiro atoms. The lowest BCUT2D eigenvalue weighted by molar-refractivity contribution is -0.157. The number of H-pyrrole nitrogens is 1. The molecular formula is C84H116Cl2N4O22. The number of nitrogens with zero attached hydrogens (tertiary/aromatic N) is 3. The number of amides is 2. The lowest BCUT2D eigenvalue weighted by atomic mass is 9.77. The second-order valence-corrected chi connectivity index (χ2v) is 34.9. The molecule has 2 aromatic carbocycles. The number of esters is 3. The maximum absolute atomic E-state index is 14.7. The molecular weight excluding hydrogens is 1490 g/mol. The first kappa shape index (κ1) is 87.0. The summed E-state index contributed by atoms with van der Waals surface area (Å²) < 4.78 is 66.1. The fraction of sp³-hybridized carbons (Fsp3) is 0.690. The number of aromatic amines is 1. The van der Waals surface area contributed by atoms with Crippen LogP contribution in [-0.2, 0) is 71.5 Å². The smallest absolute Gasteiger partial charge is 0.312 e. The summed E-state index contributed by atoms with van der Waals surface area (Å²) in [6, 6.07) is 8.34. The molecule has 2 unspecified atom stereocenters. The maximum Gasteiger partial charge on any atom is 0.312 e. The quantitative estimate of drug-likeness (QED) is 0.0243. The van der Waals surface area contributed by atoms with Gasteiger partial charge in [0.05, 0.1) is 93.2 Å². The van der Waals surface area contributed by atoms with Crippen LogP contribution in [0.4, 0.5) is 0 Å². The highest BCUT2D eigenvalue weighted by Gasteiger charge is 2.63. The maximum atomic E-state index is 14.7. The van der Waals surface area contributed by atoms with Gasteiger partial charge in [0.15, 0.2) is 22.9 Å². The van der Waals surface area contributed by atoms with Crippen molar-refractivity contribution in [2.24, 2.45) is 74.9 Å². The van der Waals surface area contributed by atoms with Crippen molar-refractivity contribution in [1.29, 1.82) is 0 Å². The van der Waals surface area contributed by atoms with Crippen molar-refractivity contribution in [1.82, 2.24) is 19.8 Å². The van der Waals surface area contributed by atoms with Crippen LogP contribution in [-0.4, -0.2) is 204 Å². The Balaban J connectivity index is 0.000000198. The van der Waals surface area contributed by atoms with E-state index < -0.39 is 63.6 Å². The van der Waals surface area contributed by atoms with Gasteiger partial charge in [-0.1, -0.05) is 98.4 Å². The summed E-state index contributed by atoms with van der Waals surface area (Å²) >= 11 is 13.1. The van der Waals surface area contributed by atoms with Gasteiger partial charge in [-0.15, -0.1) is 0 Å². The largest absolute Gasteiger partial charge is 0.490 e. The summed E-state index contributed by atoms with van der Waals surface area (Å²) in [7, 11) is 7.67. The summed E-state index contributed by atoms with van der Waals surface area (Å²) in [6.07, 6.45) is 8.37. The van der Waals surface area contributed by atoms with E-state index in [1.54, 1.807) is 63.7 Å². The zero-order chi connectivity index (χ0) is 81.3. The number of nitrogens with one attached hydrogen (secondary N) is 1. The highest BCUT2D eigenvalue weighted by molar-refractivity contribution is 6.37. The molecule has 8 aliphatic rings. The van der Waals surface area contributed by atoms with Crippen molar-refractivity contribution in [3.8, 4) is 29.0 Å². The van der Waals surface area contributed by atoms with E-state index >= 15 is 0 Å². The second kappa shape index (κ2) is 37.5. The van der Waals surface area contributed by atoms with Crippen LogP contribution in [0.15, 0.2) is 41.2 Å². The summed E-state index contributed by atoms with van der Waals surface area (Å²) in [6.45, 7) is 20.8. The minimum atomic E-state index is -1.15. The van der Waals surface area contributed by atoms with E-state index in [2.05, 4.69) is 9.97 Å². The van der Waals surface area contributed by atoms with Gasteiger partial charge < -0.3 is 76.7 Å². The number of aliphatic carboxylic acids is 1. The van der Waals surface area contributed by atoms with Crippen molar-refractivity contribution < 1.29 is 100 Å². The Bertz CT molecular complexity index is 4080. The van der Waals surface area contributed by atoms with Crippen molar-refractivity contribution in [3.63, 3.8) is 0 Å². The topological polar surface area (TPSA) is 320 Å². The zero-order valence-corrected chi connectivity index (χ0v) is 69.1. The van der Waals surface area contributed by atoms with Gasteiger partial charge in [0.1, 0.15) is 77.5 Å². The van der Waals surface area contributed by atoms with E-state index in [-0.39, 0.29) is 133 Å². The number of halogens is 2.